The first-order chi connectivity index (χ1) is 25.0. The fraction of sp³-hybridized carbons (Fsp3) is 0.167. The molecule has 264 valence electrons. The summed E-state index contributed by atoms with van der Waals surface area (Å²) in [4.78, 5) is 55.8. The van der Waals surface area contributed by atoms with Crippen LogP contribution in [0.2, 0.25) is 0 Å². The molecule has 0 saturated heterocycles. The molecule has 6 heterocycles. The number of rotatable bonds is 12. The number of nitrogens with zero attached hydrogens (tertiary/aromatic N) is 8. The van der Waals surface area contributed by atoms with Crippen molar-refractivity contribution >= 4 is 11.6 Å². The molecule has 0 aliphatic rings. The summed E-state index contributed by atoms with van der Waals surface area (Å²) in [5.74, 6) is -0.221. The summed E-state index contributed by atoms with van der Waals surface area (Å²) in [7, 11) is 0. The Kier molecular flexibility index (Phi) is 12.3. The fourth-order valence-corrected chi connectivity index (χ4v) is 4.34. The minimum absolute atomic E-state index is 0.0478. The molecule has 6 rings (SSSR count). The van der Waals surface area contributed by atoms with Crippen molar-refractivity contribution in [2.75, 3.05) is 0 Å². The number of carbonyl (C=O) groups is 2. The lowest BCUT2D eigenvalue weighted by atomic mass is 10.1. The van der Waals surface area contributed by atoms with Crippen molar-refractivity contribution < 1.29 is 36.6 Å². The smallest absolute Gasteiger partial charge is 0.280 e. The van der Waals surface area contributed by atoms with Crippen LogP contribution in [-0.2, 0) is 12.8 Å². The largest absolute Gasteiger partial charge is 0.454 e. The Bertz CT molecular complexity index is 1960. The molecule has 0 amide bonds. The van der Waals surface area contributed by atoms with E-state index in [0.717, 1.165) is 23.3 Å². The van der Waals surface area contributed by atoms with Crippen molar-refractivity contribution in [3.63, 3.8) is 0 Å². The van der Waals surface area contributed by atoms with E-state index in [1.54, 1.807) is 24.5 Å². The van der Waals surface area contributed by atoms with Crippen LogP contribution in [-0.4, -0.2) is 51.4 Å². The molecule has 0 aliphatic heterocycles. The van der Waals surface area contributed by atoms with Crippen LogP contribution in [0.4, 0.5) is 17.6 Å². The van der Waals surface area contributed by atoms with Crippen LogP contribution in [0.3, 0.4) is 0 Å². The average Bonchev–Trinajstić information content (AvgIpc) is 3.14. The second kappa shape index (κ2) is 17.4. The van der Waals surface area contributed by atoms with Crippen LogP contribution in [0, 0.1) is 13.8 Å². The molecule has 0 atom stereocenters. The zero-order chi connectivity index (χ0) is 37.0. The van der Waals surface area contributed by atoms with Crippen molar-refractivity contribution in [1.82, 2.24) is 39.9 Å². The molecule has 0 aliphatic carbocycles. The standard InChI is InChI=1S/2C18H14F2N4O2/c2*1-11-2-3-12(23-7-11)4-17(25)15-5-13(6-16(24-15)18(19)20)26-14-8-21-10-22-9-14/h2*2-3,5-10,18H,4H2,1H3. The third-order valence-electron chi connectivity index (χ3n) is 6.83. The number of aromatic nitrogens is 8. The highest BCUT2D eigenvalue weighted by Crippen LogP contribution is 2.28. The van der Waals surface area contributed by atoms with Crippen molar-refractivity contribution in [3.05, 3.63) is 144 Å². The van der Waals surface area contributed by atoms with Crippen molar-refractivity contribution in [2.24, 2.45) is 0 Å². The number of pyridine rings is 4. The Labute approximate surface area is 294 Å². The number of halogens is 4. The van der Waals surface area contributed by atoms with Crippen molar-refractivity contribution in [2.45, 2.75) is 39.5 Å². The molecule has 6 aromatic rings. The molecule has 0 fully saturated rings. The van der Waals surface area contributed by atoms with Gasteiger partial charge >= 0.3 is 0 Å². The van der Waals surface area contributed by atoms with Gasteiger partial charge in [-0.1, -0.05) is 12.1 Å². The monoisotopic (exact) mass is 712 g/mol. The Balaban J connectivity index is 0.000000201. The molecule has 12 nitrogen and oxygen atoms in total. The molecule has 52 heavy (non-hydrogen) atoms. The van der Waals surface area contributed by atoms with Gasteiger partial charge in [-0.25, -0.2) is 47.5 Å². The van der Waals surface area contributed by atoms with E-state index in [2.05, 4.69) is 39.9 Å². The highest BCUT2D eigenvalue weighted by molar-refractivity contribution is 5.96. The number of alkyl halides is 4. The number of Topliss-reactive ketones (excluding diaryl/α,β-unsaturated/α-hetero) is 2. The molecule has 6 aromatic heterocycles. The summed E-state index contributed by atoms with van der Waals surface area (Å²) in [6.07, 6.45) is 5.65. The van der Waals surface area contributed by atoms with Gasteiger partial charge in [0.2, 0.25) is 0 Å². The molecule has 0 radical (unpaired) electrons. The molecular weight excluding hydrogens is 684 g/mol. The van der Waals surface area contributed by atoms with Gasteiger partial charge in [0.15, 0.2) is 23.1 Å². The van der Waals surface area contributed by atoms with Gasteiger partial charge < -0.3 is 9.47 Å². The predicted molar refractivity (Wildman–Crippen MR) is 177 cm³/mol. The maximum atomic E-state index is 13.1. The van der Waals surface area contributed by atoms with Crippen LogP contribution < -0.4 is 9.47 Å². The number of aryl methyl sites for hydroxylation is 2. The Morgan fingerprint density at radius 1 is 0.558 bits per heavy atom. The van der Waals surface area contributed by atoms with Gasteiger partial charge in [0.25, 0.3) is 12.9 Å². The summed E-state index contributed by atoms with van der Waals surface area (Å²) < 4.78 is 63.5. The van der Waals surface area contributed by atoms with Gasteiger partial charge in [-0.05, 0) is 37.1 Å². The van der Waals surface area contributed by atoms with Gasteiger partial charge in [-0.2, -0.15) is 0 Å². The number of carbonyl (C=O) groups excluding carboxylic acids is 2. The summed E-state index contributed by atoms with van der Waals surface area (Å²) in [5.41, 5.74) is 1.67. The normalized spacial score (nSPS) is 10.8. The van der Waals surface area contributed by atoms with Crippen molar-refractivity contribution in [1.29, 1.82) is 0 Å². The number of ketones is 2. The summed E-state index contributed by atoms with van der Waals surface area (Å²) in [6.45, 7) is 3.76. The lowest BCUT2D eigenvalue weighted by Gasteiger charge is -2.09. The molecule has 0 aromatic carbocycles. The van der Waals surface area contributed by atoms with E-state index in [4.69, 9.17) is 9.47 Å². The van der Waals surface area contributed by atoms with E-state index in [-0.39, 0.29) is 47.2 Å². The molecule has 0 spiro atoms. The minimum atomic E-state index is -2.84. The average molecular weight is 713 g/mol. The maximum Gasteiger partial charge on any atom is 0.280 e. The third kappa shape index (κ3) is 10.7. The lowest BCUT2D eigenvalue weighted by molar-refractivity contribution is 0.0975. The summed E-state index contributed by atoms with van der Waals surface area (Å²) >= 11 is 0. The van der Waals surface area contributed by atoms with Crippen LogP contribution in [0.25, 0.3) is 0 Å². The first-order valence-corrected chi connectivity index (χ1v) is 15.4. The third-order valence-corrected chi connectivity index (χ3v) is 6.83. The Morgan fingerprint density at radius 2 is 0.942 bits per heavy atom. The van der Waals surface area contributed by atoms with E-state index in [9.17, 15) is 27.2 Å². The van der Waals surface area contributed by atoms with Crippen molar-refractivity contribution in [3.8, 4) is 23.0 Å². The summed E-state index contributed by atoms with van der Waals surface area (Å²) in [6, 6.07) is 11.9. The zero-order valence-corrected chi connectivity index (χ0v) is 27.5. The minimum Gasteiger partial charge on any atom is -0.454 e. The maximum absolute atomic E-state index is 13.1. The van der Waals surface area contributed by atoms with Gasteiger partial charge in [0, 0.05) is 48.0 Å². The topological polar surface area (TPSA) is 156 Å². The SMILES string of the molecule is Cc1ccc(CC(=O)c2cc(Oc3cncnc3)cc(C(F)F)n2)nc1.Cc1ccc(CC(=O)c2cc(Oc3cncnc3)cc(C(F)F)n2)nc1. The van der Waals surface area contributed by atoms with Crippen LogP contribution in [0.1, 0.15) is 67.7 Å². The Morgan fingerprint density at radius 3 is 1.27 bits per heavy atom. The lowest BCUT2D eigenvalue weighted by Crippen LogP contribution is -2.09. The Hall–Kier alpha value is -6.58. The summed E-state index contributed by atoms with van der Waals surface area (Å²) in [5, 5.41) is 0. The number of hydrogen-bond acceptors (Lipinski definition) is 12. The van der Waals surface area contributed by atoms with Crippen LogP contribution in [0.5, 0.6) is 23.0 Å². The van der Waals surface area contributed by atoms with E-state index in [1.165, 1.54) is 49.6 Å². The van der Waals surface area contributed by atoms with Gasteiger partial charge in [-0.15, -0.1) is 0 Å². The molecular formula is C36H28F4N8O4. The molecule has 0 bridgehead atoms. The second-order valence-electron chi connectivity index (χ2n) is 11.0. The van der Waals surface area contributed by atoms with Gasteiger partial charge in [0.05, 0.1) is 37.6 Å². The first kappa shape index (κ1) is 36.7. The van der Waals surface area contributed by atoms with E-state index in [0.29, 0.717) is 11.4 Å². The van der Waals surface area contributed by atoms with E-state index < -0.39 is 35.8 Å². The number of ether oxygens (including phenoxy) is 2. The predicted octanol–water partition coefficient (Wildman–Crippen LogP) is 7.46. The fourth-order valence-electron chi connectivity index (χ4n) is 4.34. The van der Waals surface area contributed by atoms with Gasteiger partial charge in [0.1, 0.15) is 46.9 Å². The quantitative estimate of drug-likeness (QED) is 0.0913. The van der Waals surface area contributed by atoms with Crippen LogP contribution in [0.15, 0.2) is 98.4 Å². The highest BCUT2D eigenvalue weighted by atomic mass is 19.3. The number of hydrogen-bond donors (Lipinski definition) is 0. The zero-order valence-electron chi connectivity index (χ0n) is 27.5. The van der Waals surface area contributed by atoms with Crippen LogP contribution >= 0.6 is 0 Å². The molecule has 0 saturated carbocycles. The molecule has 16 heteroatoms. The van der Waals surface area contributed by atoms with E-state index in [1.807, 2.05) is 26.0 Å². The molecule has 0 unspecified atom stereocenters. The first-order valence-electron chi connectivity index (χ1n) is 15.4. The van der Waals surface area contributed by atoms with Gasteiger partial charge in [-0.3, -0.25) is 19.6 Å². The highest BCUT2D eigenvalue weighted by Gasteiger charge is 2.19. The second-order valence-corrected chi connectivity index (χ2v) is 11.0. The van der Waals surface area contributed by atoms with E-state index >= 15 is 0 Å². The molecule has 0 N–H and O–H groups in total.